The molecular weight excluding hydrogens is 318 g/mol. The number of amides is 2. The van der Waals surface area contributed by atoms with Crippen molar-refractivity contribution in [3.63, 3.8) is 0 Å². The van der Waals surface area contributed by atoms with Crippen LogP contribution >= 0.6 is 0 Å². The number of nitrogens with zero attached hydrogens (tertiary/aromatic N) is 1. The number of halogens is 2. The Bertz CT molecular complexity index is 554. The molecule has 7 heteroatoms. The number of rotatable bonds is 7. The summed E-state index contributed by atoms with van der Waals surface area (Å²) in [5.41, 5.74) is 0.308. The minimum atomic E-state index is -2.86. The number of hydrogen-bond acceptors (Lipinski definition) is 3. The molecule has 5 nitrogen and oxygen atoms in total. The van der Waals surface area contributed by atoms with E-state index in [0.29, 0.717) is 6.54 Å². The van der Waals surface area contributed by atoms with Crippen molar-refractivity contribution < 1.29 is 23.1 Å². The Kier molecular flexibility index (Phi) is 7.13. The Morgan fingerprint density at radius 2 is 1.79 bits per heavy atom. The largest absolute Gasteiger partial charge is 0.435 e. The maximum Gasteiger partial charge on any atom is 0.387 e. The fourth-order valence-electron chi connectivity index (χ4n) is 1.88. The van der Waals surface area contributed by atoms with E-state index in [0.717, 1.165) is 5.56 Å². The van der Waals surface area contributed by atoms with E-state index >= 15 is 0 Å². The Morgan fingerprint density at radius 3 is 2.29 bits per heavy atom. The molecule has 0 saturated carbocycles. The van der Waals surface area contributed by atoms with Gasteiger partial charge in [0.05, 0.1) is 0 Å². The monoisotopic (exact) mass is 342 g/mol. The van der Waals surface area contributed by atoms with Crippen molar-refractivity contribution in [2.45, 2.75) is 40.3 Å². The molecule has 0 atom stereocenters. The van der Waals surface area contributed by atoms with E-state index in [-0.39, 0.29) is 30.5 Å². The van der Waals surface area contributed by atoms with Gasteiger partial charge in [0.15, 0.2) is 0 Å². The van der Waals surface area contributed by atoms with Crippen LogP contribution in [0.4, 0.5) is 8.78 Å². The lowest BCUT2D eigenvalue weighted by Gasteiger charge is -2.20. The molecular formula is C17H24F2N2O3. The van der Waals surface area contributed by atoms with Crippen LogP contribution in [0.3, 0.4) is 0 Å². The molecule has 0 spiro atoms. The van der Waals surface area contributed by atoms with Crippen LogP contribution in [0, 0.1) is 5.41 Å². The van der Waals surface area contributed by atoms with E-state index in [2.05, 4.69) is 10.1 Å². The first kappa shape index (κ1) is 19.9. The van der Waals surface area contributed by atoms with Crippen LogP contribution in [0.25, 0.3) is 0 Å². The van der Waals surface area contributed by atoms with E-state index in [1.165, 1.54) is 17.0 Å². The summed E-state index contributed by atoms with van der Waals surface area (Å²) in [7, 11) is 1.65. The van der Waals surface area contributed by atoms with Gasteiger partial charge in [-0.2, -0.15) is 8.78 Å². The highest BCUT2D eigenvalue weighted by atomic mass is 19.3. The smallest absolute Gasteiger partial charge is 0.387 e. The second-order valence-corrected chi connectivity index (χ2v) is 6.53. The first-order chi connectivity index (χ1) is 11.1. The highest BCUT2D eigenvalue weighted by Crippen LogP contribution is 2.16. The van der Waals surface area contributed by atoms with Gasteiger partial charge in [-0.25, -0.2) is 0 Å². The van der Waals surface area contributed by atoms with E-state index in [1.807, 2.05) is 0 Å². The summed E-state index contributed by atoms with van der Waals surface area (Å²) in [4.78, 5) is 25.3. The zero-order valence-electron chi connectivity index (χ0n) is 14.4. The van der Waals surface area contributed by atoms with Gasteiger partial charge >= 0.3 is 6.61 Å². The van der Waals surface area contributed by atoms with Crippen LogP contribution in [-0.2, 0) is 16.1 Å². The van der Waals surface area contributed by atoms with E-state index < -0.39 is 12.0 Å². The highest BCUT2D eigenvalue weighted by molar-refractivity contribution is 5.82. The molecule has 0 unspecified atom stereocenters. The highest BCUT2D eigenvalue weighted by Gasteiger charge is 2.21. The first-order valence-corrected chi connectivity index (χ1v) is 7.65. The average Bonchev–Trinajstić information content (AvgIpc) is 2.47. The predicted molar refractivity (Wildman–Crippen MR) is 86.6 cm³/mol. The summed E-state index contributed by atoms with van der Waals surface area (Å²) < 4.78 is 28.4. The Morgan fingerprint density at radius 1 is 1.21 bits per heavy atom. The molecule has 134 valence electrons. The van der Waals surface area contributed by atoms with Gasteiger partial charge in [0.25, 0.3) is 0 Å². The Hall–Kier alpha value is -2.18. The molecule has 0 saturated heterocycles. The van der Waals surface area contributed by atoms with Gasteiger partial charge in [-0.3, -0.25) is 9.59 Å². The summed E-state index contributed by atoms with van der Waals surface area (Å²) in [5.74, 6) is -0.141. The second-order valence-electron chi connectivity index (χ2n) is 6.53. The van der Waals surface area contributed by atoms with Crippen LogP contribution < -0.4 is 10.1 Å². The maximum absolute atomic E-state index is 12.1. The van der Waals surface area contributed by atoms with E-state index in [4.69, 9.17) is 0 Å². The normalized spacial score (nSPS) is 11.3. The minimum Gasteiger partial charge on any atom is -0.435 e. The van der Waals surface area contributed by atoms with Gasteiger partial charge in [-0.05, 0) is 17.7 Å². The SMILES string of the molecule is CN(Cc1ccc(OC(F)F)cc1)C(=O)CCNC(=O)C(C)(C)C. The molecule has 1 aromatic carbocycles. The van der Waals surface area contributed by atoms with Crippen LogP contribution in [0.2, 0.25) is 0 Å². The third-order valence-electron chi connectivity index (χ3n) is 3.30. The van der Waals surface area contributed by atoms with Gasteiger partial charge in [0, 0.05) is 32.0 Å². The molecule has 1 rings (SSSR count). The number of carbonyl (C=O) groups excluding carboxylic acids is 2. The molecule has 0 aliphatic heterocycles. The zero-order valence-corrected chi connectivity index (χ0v) is 14.4. The van der Waals surface area contributed by atoms with Crippen molar-refractivity contribution in [1.82, 2.24) is 10.2 Å². The van der Waals surface area contributed by atoms with Gasteiger partial charge < -0.3 is 15.0 Å². The lowest BCUT2D eigenvalue weighted by Crippen LogP contribution is -2.37. The van der Waals surface area contributed by atoms with Crippen molar-refractivity contribution in [3.8, 4) is 5.75 Å². The number of benzene rings is 1. The summed E-state index contributed by atoms with van der Waals surface area (Å²) >= 11 is 0. The van der Waals surface area contributed by atoms with Gasteiger partial charge in [0.1, 0.15) is 5.75 Å². The molecule has 24 heavy (non-hydrogen) atoms. The molecule has 0 aromatic heterocycles. The molecule has 0 aliphatic carbocycles. The van der Waals surface area contributed by atoms with Crippen LogP contribution in [0.5, 0.6) is 5.75 Å². The average molecular weight is 342 g/mol. The van der Waals surface area contributed by atoms with Crippen LogP contribution in [0.15, 0.2) is 24.3 Å². The third-order valence-corrected chi connectivity index (χ3v) is 3.30. The number of alkyl halides is 2. The summed E-state index contributed by atoms with van der Waals surface area (Å²) in [6.45, 7) is 3.18. The first-order valence-electron chi connectivity index (χ1n) is 7.65. The Labute approximate surface area is 141 Å². The number of carbonyl (C=O) groups is 2. The van der Waals surface area contributed by atoms with Gasteiger partial charge in [0.2, 0.25) is 11.8 Å². The lowest BCUT2D eigenvalue weighted by atomic mass is 9.96. The standard InChI is InChI=1S/C17H24F2N2O3/c1-17(2,3)15(23)20-10-9-14(22)21(4)11-12-5-7-13(8-6-12)24-16(18)19/h5-8,16H,9-11H2,1-4H3,(H,20,23). The topological polar surface area (TPSA) is 58.6 Å². The second kappa shape index (κ2) is 8.61. The van der Waals surface area contributed by atoms with Crippen molar-refractivity contribution in [2.24, 2.45) is 5.41 Å². The lowest BCUT2D eigenvalue weighted by molar-refractivity contribution is -0.131. The molecule has 0 radical (unpaired) electrons. The van der Waals surface area contributed by atoms with E-state index in [1.54, 1.807) is 40.0 Å². The summed E-state index contributed by atoms with van der Waals surface area (Å²) in [6.07, 6.45) is 0.199. The molecule has 2 amide bonds. The molecule has 1 aromatic rings. The van der Waals surface area contributed by atoms with Crippen LogP contribution in [0.1, 0.15) is 32.8 Å². The van der Waals surface area contributed by atoms with Gasteiger partial charge in [-0.15, -0.1) is 0 Å². The van der Waals surface area contributed by atoms with Crippen molar-refractivity contribution in [3.05, 3.63) is 29.8 Å². The fourth-order valence-corrected chi connectivity index (χ4v) is 1.88. The summed E-state index contributed by atoms with van der Waals surface area (Å²) in [6, 6.07) is 6.12. The predicted octanol–water partition coefficient (Wildman–Crippen LogP) is 2.80. The molecule has 0 aliphatic rings. The minimum absolute atomic E-state index is 0.0765. The maximum atomic E-state index is 12.1. The molecule has 0 fully saturated rings. The van der Waals surface area contributed by atoms with Crippen molar-refractivity contribution in [2.75, 3.05) is 13.6 Å². The van der Waals surface area contributed by atoms with Crippen molar-refractivity contribution in [1.29, 1.82) is 0 Å². The number of nitrogens with one attached hydrogen (secondary N) is 1. The van der Waals surface area contributed by atoms with Crippen molar-refractivity contribution >= 4 is 11.8 Å². The number of hydrogen-bond donors (Lipinski definition) is 1. The number of ether oxygens (including phenoxy) is 1. The Balaban J connectivity index is 2.42. The third kappa shape index (κ3) is 6.93. The quantitative estimate of drug-likeness (QED) is 0.829. The summed E-state index contributed by atoms with van der Waals surface area (Å²) in [5, 5.41) is 2.72. The molecule has 0 heterocycles. The molecule has 1 N–H and O–H groups in total. The van der Waals surface area contributed by atoms with Crippen LogP contribution in [-0.4, -0.2) is 36.9 Å². The van der Waals surface area contributed by atoms with Gasteiger partial charge in [-0.1, -0.05) is 32.9 Å². The van der Waals surface area contributed by atoms with E-state index in [9.17, 15) is 18.4 Å². The zero-order chi connectivity index (χ0) is 18.3. The fraction of sp³-hybridized carbons (Fsp3) is 0.529. The molecule has 0 bridgehead atoms.